The third-order valence-electron chi connectivity index (χ3n) is 1.36. The molecule has 1 aromatic rings. The highest BCUT2D eigenvalue weighted by molar-refractivity contribution is 6.32. The summed E-state index contributed by atoms with van der Waals surface area (Å²) < 4.78 is 0. The Morgan fingerprint density at radius 2 is 2.33 bits per heavy atom. The number of nitrogen functional groups attached to an aromatic ring is 1. The largest absolute Gasteiger partial charge is 0.290 e. The highest BCUT2D eigenvalue weighted by Gasteiger charge is 2.08. The topological polar surface area (TPSA) is 68.0 Å². The van der Waals surface area contributed by atoms with Crippen molar-refractivity contribution in [3.8, 4) is 0 Å². The molecule has 0 aliphatic heterocycles. The molecule has 0 radical (unpaired) electrons. The molecule has 1 amide bonds. The minimum Gasteiger partial charge on any atom is -0.290 e. The Morgan fingerprint density at radius 3 is 2.83 bits per heavy atom. The Bertz CT molecular complexity index is 314. The van der Waals surface area contributed by atoms with E-state index in [0.717, 1.165) is 5.69 Å². The summed E-state index contributed by atoms with van der Waals surface area (Å²) in [5.41, 5.74) is 3.02. The van der Waals surface area contributed by atoms with Crippen molar-refractivity contribution in [2.24, 2.45) is 5.84 Å². The summed E-state index contributed by atoms with van der Waals surface area (Å²) >= 11 is 5.68. The van der Waals surface area contributed by atoms with Crippen LogP contribution in [-0.2, 0) is 0 Å². The van der Waals surface area contributed by atoms with Crippen LogP contribution in [0.3, 0.4) is 0 Å². The molecule has 0 fully saturated rings. The molecule has 0 atom stereocenters. The number of hydrogen-bond acceptors (Lipinski definition) is 3. The number of nitrogens with one attached hydrogen (secondary N) is 1. The van der Waals surface area contributed by atoms with Gasteiger partial charge in [-0.2, -0.15) is 0 Å². The molecule has 0 spiro atoms. The zero-order valence-electron chi connectivity index (χ0n) is 6.47. The van der Waals surface area contributed by atoms with Crippen LogP contribution in [0.25, 0.3) is 0 Å². The zero-order valence-corrected chi connectivity index (χ0v) is 7.22. The molecule has 0 aliphatic rings. The van der Waals surface area contributed by atoms with Crippen molar-refractivity contribution < 1.29 is 4.79 Å². The van der Waals surface area contributed by atoms with Crippen LogP contribution in [0.15, 0.2) is 12.1 Å². The molecule has 4 nitrogen and oxygen atoms in total. The van der Waals surface area contributed by atoms with Gasteiger partial charge < -0.3 is 0 Å². The predicted octanol–water partition coefficient (Wildman–Crippen LogP) is 0.647. The summed E-state index contributed by atoms with van der Waals surface area (Å²) in [5.74, 6) is 4.49. The molecule has 1 aromatic heterocycles. The van der Waals surface area contributed by atoms with Gasteiger partial charge in [-0.15, -0.1) is 0 Å². The third kappa shape index (κ3) is 1.72. The van der Waals surface area contributed by atoms with Gasteiger partial charge in [-0.1, -0.05) is 11.6 Å². The van der Waals surface area contributed by atoms with Crippen LogP contribution < -0.4 is 11.3 Å². The van der Waals surface area contributed by atoms with Gasteiger partial charge in [0.25, 0.3) is 5.91 Å². The number of hydrogen-bond donors (Lipinski definition) is 2. The number of amides is 1. The van der Waals surface area contributed by atoms with Gasteiger partial charge in [0.1, 0.15) is 5.15 Å². The number of pyridine rings is 1. The van der Waals surface area contributed by atoms with Crippen LogP contribution in [0.5, 0.6) is 0 Å². The second-order valence-electron chi connectivity index (χ2n) is 2.26. The van der Waals surface area contributed by atoms with Gasteiger partial charge in [-0.3, -0.25) is 10.2 Å². The van der Waals surface area contributed by atoms with E-state index >= 15 is 0 Å². The lowest BCUT2D eigenvalue weighted by Crippen LogP contribution is -2.30. The Labute approximate surface area is 74.7 Å². The first-order valence-corrected chi connectivity index (χ1v) is 3.67. The normalized spacial score (nSPS) is 9.58. The first-order chi connectivity index (χ1) is 5.65. The maximum absolute atomic E-state index is 11.0. The second-order valence-corrected chi connectivity index (χ2v) is 2.62. The van der Waals surface area contributed by atoms with Gasteiger partial charge in [0.2, 0.25) is 0 Å². The van der Waals surface area contributed by atoms with Crippen molar-refractivity contribution in [1.29, 1.82) is 0 Å². The van der Waals surface area contributed by atoms with E-state index in [1.54, 1.807) is 19.1 Å². The van der Waals surface area contributed by atoms with Crippen LogP contribution in [0, 0.1) is 6.92 Å². The molecule has 1 rings (SSSR count). The third-order valence-corrected chi connectivity index (χ3v) is 1.65. The van der Waals surface area contributed by atoms with Crippen LogP contribution in [0.4, 0.5) is 0 Å². The lowest BCUT2D eigenvalue weighted by Gasteiger charge is -2.01. The smallest absolute Gasteiger partial charge is 0.268 e. The summed E-state index contributed by atoms with van der Waals surface area (Å²) in [6, 6.07) is 3.27. The fourth-order valence-corrected chi connectivity index (χ4v) is 1.05. The van der Waals surface area contributed by atoms with E-state index in [4.69, 9.17) is 17.4 Å². The summed E-state index contributed by atoms with van der Waals surface area (Å²) in [6.07, 6.45) is 0. The number of carbonyl (C=O) groups excluding carboxylic acids is 1. The molecule has 0 bridgehead atoms. The fourth-order valence-electron chi connectivity index (χ4n) is 0.772. The van der Waals surface area contributed by atoms with Crippen LogP contribution in [-0.4, -0.2) is 10.9 Å². The molecular formula is C7H8ClN3O. The number of hydrazine groups is 1. The van der Waals surface area contributed by atoms with E-state index in [-0.39, 0.29) is 10.7 Å². The summed E-state index contributed by atoms with van der Waals surface area (Å²) in [6.45, 7) is 1.79. The summed E-state index contributed by atoms with van der Waals surface area (Å²) in [4.78, 5) is 14.9. The number of halogens is 1. The zero-order chi connectivity index (χ0) is 9.14. The fraction of sp³-hybridized carbons (Fsp3) is 0.143. The molecule has 3 N–H and O–H groups in total. The van der Waals surface area contributed by atoms with Crippen molar-refractivity contribution in [2.45, 2.75) is 6.92 Å². The molecule has 0 aromatic carbocycles. The highest BCUT2D eigenvalue weighted by Crippen LogP contribution is 2.12. The first kappa shape index (κ1) is 8.96. The van der Waals surface area contributed by atoms with Gasteiger partial charge in [-0.25, -0.2) is 10.8 Å². The van der Waals surface area contributed by atoms with E-state index in [1.807, 2.05) is 5.43 Å². The lowest BCUT2D eigenvalue weighted by molar-refractivity contribution is 0.0953. The Hall–Kier alpha value is -1.13. The molecular weight excluding hydrogens is 178 g/mol. The summed E-state index contributed by atoms with van der Waals surface area (Å²) in [5, 5.41) is 0.165. The molecule has 0 unspecified atom stereocenters. The molecule has 12 heavy (non-hydrogen) atoms. The Kier molecular flexibility index (Phi) is 2.62. The molecule has 1 heterocycles. The summed E-state index contributed by atoms with van der Waals surface area (Å²) in [7, 11) is 0. The SMILES string of the molecule is Cc1ccc(C(=O)NN)c(Cl)n1. The minimum absolute atomic E-state index is 0.165. The molecule has 0 saturated heterocycles. The van der Waals surface area contributed by atoms with Gasteiger partial charge >= 0.3 is 0 Å². The second kappa shape index (κ2) is 3.51. The average molecular weight is 186 g/mol. The van der Waals surface area contributed by atoms with E-state index in [1.165, 1.54) is 0 Å². The van der Waals surface area contributed by atoms with Crippen LogP contribution in [0.1, 0.15) is 16.1 Å². The Balaban J connectivity index is 3.09. The van der Waals surface area contributed by atoms with Gasteiger partial charge in [0.15, 0.2) is 0 Å². The maximum atomic E-state index is 11.0. The van der Waals surface area contributed by atoms with Crippen molar-refractivity contribution in [1.82, 2.24) is 10.4 Å². The van der Waals surface area contributed by atoms with Crippen molar-refractivity contribution in [3.63, 3.8) is 0 Å². The standard InChI is InChI=1S/C7H8ClN3O/c1-4-2-3-5(6(8)10-4)7(12)11-9/h2-3H,9H2,1H3,(H,11,12). The number of carbonyl (C=O) groups is 1. The average Bonchev–Trinajstić information content (AvgIpc) is 2.03. The van der Waals surface area contributed by atoms with E-state index < -0.39 is 5.91 Å². The first-order valence-electron chi connectivity index (χ1n) is 3.29. The lowest BCUT2D eigenvalue weighted by atomic mass is 10.2. The molecule has 0 aliphatic carbocycles. The van der Waals surface area contributed by atoms with Crippen LogP contribution >= 0.6 is 11.6 Å². The number of aryl methyl sites for hydroxylation is 1. The monoisotopic (exact) mass is 185 g/mol. The quantitative estimate of drug-likeness (QED) is 0.292. The van der Waals surface area contributed by atoms with Crippen molar-refractivity contribution in [3.05, 3.63) is 28.5 Å². The number of nitrogens with two attached hydrogens (primary N) is 1. The maximum Gasteiger partial charge on any atom is 0.268 e. The Morgan fingerprint density at radius 1 is 1.67 bits per heavy atom. The number of rotatable bonds is 1. The highest BCUT2D eigenvalue weighted by atomic mass is 35.5. The van der Waals surface area contributed by atoms with Gasteiger partial charge in [-0.05, 0) is 19.1 Å². The molecule has 64 valence electrons. The minimum atomic E-state index is -0.437. The number of nitrogens with zero attached hydrogens (tertiary/aromatic N) is 1. The van der Waals surface area contributed by atoms with Gasteiger partial charge in [0, 0.05) is 5.69 Å². The molecule has 5 heteroatoms. The van der Waals surface area contributed by atoms with E-state index in [9.17, 15) is 4.79 Å². The predicted molar refractivity (Wildman–Crippen MR) is 45.6 cm³/mol. The molecule has 0 saturated carbocycles. The van der Waals surface area contributed by atoms with Crippen molar-refractivity contribution in [2.75, 3.05) is 0 Å². The van der Waals surface area contributed by atoms with Gasteiger partial charge in [0.05, 0.1) is 5.56 Å². The van der Waals surface area contributed by atoms with E-state index in [2.05, 4.69) is 4.98 Å². The van der Waals surface area contributed by atoms with Crippen LogP contribution in [0.2, 0.25) is 5.15 Å². The van der Waals surface area contributed by atoms with E-state index in [0.29, 0.717) is 0 Å². The number of aromatic nitrogens is 1. The van der Waals surface area contributed by atoms with Crippen molar-refractivity contribution >= 4 is 17.5 Å².